The molecule has 2 aliphatic rings. The lowest BCUT2D eigenvalue weighted by atomic mass is 9.71. The molecule has 24 heavy (non-hydrogen) atoms. The zero-order valence-corrected chi connectivity index (χ0v) is 14.8. The summed E-state index contributed by atoms with van der Waals surface area (Å²) in [6.07, 6.45) is 5.73. The molecule has 0 spiro atoms. The van der Waals surface area contributed by atoms with E-state index in [9.17, 15) is 9.90 Å². The van der Waals surface area contributed by atoms with Crippen LogP contribution in [-0.2, 0) is 11.2 Å². The Labute approximate surface area is 144 Å². The summed E-state index contributed by atoms with van der Waals surface area (Å²) in [6, 6.07) is 7.93. The van der Waals surface area contributed by atoms with E-state index in [0.29, 0.717) is 6.54 Å². The lowest BCUT2D eigenvalue weighted by Gasteiger charge is -2.47. The molecule has 0 radical (unpaired) electrons. The van der Waals surface area contributed by atoms with E-state index in [1.807, 2.05) is 36.1 Å². The Morgan fingerprint density at radius 3 is 2.79 bits per heavy atom. The lowest BCUT2D eigenvalue weighted by molar-refractivity contribution is -0.146. The maximum absolute atomic E-state index is 12.8. The van der Waals surface area contributed by atoms with Crippen LogP contribution in [0.1, 0.15) is 44.6 Å². The van der Waals surface area contributed by atoms with E-state index in [-0.39, 0.29) is 17.7 Å². The van der Waals surface area contributed by atoms with Gasteiger partial charge in [0.25, 0.3) is 0 Å². The molecule has 1 saturated carbocycles. The molecular formula is C20H29NO3. The van der Waals surface area contributed by atoms with Gasteiger partial charge in [0.05, 0.1) is 12.7 Å². The summed E-state index contributed by atoms with van der Waals surface area (Å²) >= 11 is 0. The van der Waals surface area contributed by atoms with Crippen LogP contribution in [0.5, 0.6) is 5.75 Å². The number of hydrogen-bond acceptors (Lipinski definition) is 3. The number of nitrogens with zero attached hydrogens (tertiary/aromatic N) is 1. The molecule has 1 saturated heterocycles. The smallest absolute Gasteiger partial charge is 0.225 e. The van der Waals surface area contributed by atoms with Gasteiger partial charge in [-0.2, -0.15) is 0 Å². The van der Waals surface area contributed by atoms with Gasteiger partial charge in [-0.3, -0.25) is 4.79 Å². The Morgan fingerprint density at radius 2 is 2.08 bits per heavy atom. The molecule has 1 aliphatic heterocycles. The Morgan fingerprint density at radius 1 is 1.33 bits per heavy atom. The largest absolute Gasteiger partial charge is 0.497 e. The van der Waals surface area contributed by atoms with Crippen LogP contribution in [-0.4, -0.2) is 41.7 Å². The molecule has 1 aliphatic carbocycles. The van der Waals surface area contributed by atoms with Gasteiger partial charge >= 0.3 is 0 Å². The number of methoxy groups -OCH3 is 1. The second kappa shape index (κ2) is 7.14. The third-order valence-corrected chi connectivity index (χ3v) is 5.86. The minimum atomic E-state index is -0.520. The Balaban J connectivity index is 1.59. The van der Waals surface area contributed by atoms with Crippen LogP contribution < -0.4 is 4.74 Å². The molecule has 0 bridgehead atoms. The van der Waals surface area contributed by atoms with E-state index in [0.717, 1.165) is 50.0 Å². The Kier molecular flexibility index (Phi) is 5.14. The quantitative estimate of drug-likeness (QED) is 0.922. The van der Waals surface area contributed by atoms with Crippen molar-refractivity contribution < 1.29 is 14.6 Å². The number of ether oxygens (including phenoxy) is 1. The zero-order chi connectivity index (χ0) is 17.2. The molecule has 3 rings (SSSR count). The van der Waals surface area contributed by atoms with Crippen LogP contribution in [0, 0.1) is 11.8 Å². The van der Waals surface area contributed by atoms with Crippen LogP contribution in [0.25, 0.3) is 0 Å². The predicted molar refractivity (Wildman–Crippen MR) is 94.0 cm³/mol. The minimum Gasteiger partial charge on any atom is -0.497 e. The number of benzene rings is 1. The summed E-state index contributed by atoms with van der Waals surface area (Å²) in [6.45, 7) is 3.43. The lowest BCUT2D eigenvalue weighted by Crippen LogP contribution is -2.55. The maximum Gasteiger partial charge on any atom is 0.225 e. The number of amides is 1. The van der Waals surface area contributed by atoms with E-state index in [1.54, 1.807) is 7.11 Å². The van der Waals surface area contributed by atoms with Crippen molar-refractivity contribution in [1.82, 2.24) is 4.90 Å². The van der Waals surface area contributed by atoms with Crippen molar-refractivity contribution >= 4 is 5.91 Å². The van der Waals surface area contributed by atoms with Crippen molar-refractivity contribution in [3.63, 3.8) is 0 Å². The van der Waals surface area contributed by atoms with Crippen molar-refractivity contribution in [2.45, 2.75) is 51.0 Å². The molecule has 132 valence electrons. The average Bonchev–Trinajstić information content (AvgIpc) is 2.61. The minimum absolute atomic E-state index is 0.0341. The number of fused-ring (bicyclic) bond motifs is 1. The highest BCUT2D eigenvalue weighted by Crippen LogP contribution is 2.40. The summed E-state index contributed by atoms with van der Waals surface area (Å²) in [5, 5.41) is 10.8. The van der Waals surface area contributed by atoms with Crippen LogP contribution in [0.2, 0.25) is 0 Å². The van der Waals surface area contributed by atoms with Gasteiger partial charge < -0.3 is 14.7 Å². The van der Waals surface area contributed by atoms with Gasteiger partial charge in [-0.05, 0) is 43.4 Å². The predicted octanol–water partition coefficient (Wildman–Crippen LogP) is 3.03. The van der Waals surface area contributed by atoms with E-state index < -0.39 is 5.60 Å². The summed E-state index contributed by atoms with van der Waals surface area (Å²) in [5.41, 5.74) is 0.636. The highest BCUT2D eigenvalue weighted by atomic mass is 16.5. The molecule has 4 nitrogen and oxygen atoms in total. The number of carbonyl (C=O) groups excluding carboxylic acids is 1. The third kappa shape index (κ3) is 3.59. The van der Waals surface area contributed by atoms with Gasteiger partial charge in [-0.15, -0.1) is 0 Å². The van der Waals surface area contributed by atoms with E-state index >= 15 is 0 Å². The molecule has 3 atom stereocenters. The third-order valence-electron chi connectivity index (χ3n) is 5.86. The second-order valence-electron chi connectivity index (χ2n) is 7.53. The SMILES string of the molecule is COc1ccc(CC(C)C(=O)N2CCC3(O)CCCCC3C2)cc1. The topological polar surface area (TPSA) is 49.8 Å². The standard InChI is InChI=1S/C20H29NO3/c1-15(13-16-6-8-18(24-2)9-7-16)19(22)21-12-11-20(23)10-4-3-5-17(20)14-21/h6-9,15,17,23H,3-5,10-14H2,1-2H3. The first kappa shape index (κ1) is 17.3. The highest BCUT2D eigenvalue weighted by molar-refractivity contribution is 5.79. The van der Waals surface area contributed by atoms with E-state index in [2.05, 4.69) is 0 Å². The molecular weight excluding hydrogens is 302 g/mol. The van der Waals surface area contributed by atoms with E-state index in [4.69, 9.17) is 4.74 Å². The first-order chi connectivity index (χ1) is 11.5. The first-order valence-corrected chi connectivity index (χ1v) is 9.16. The Hall–Kier alpha value is -1.55. The van der Waals surface area contributed by atoms with Crippen molar-refractivity contribution in [3.05, 3.63) is 29.8 Å². The fourth-order valence-corrected chi connectivity index (χ4v) is 4.29. The highest BCUT2D eigenvalue weighted by Gasteiger charge is 2.44. The number of likely N-dealkylation sites (tertiary alicyclic amines) is 1. The molecule has 1 aromatic carbocycles. The number of rotatable bonds is 4. The number of piperidine rings is 1. The normalized spacial score (nSPS) is 28.1. The summed E-state index contributed by atoms with van der Waals surface area (Å²) in [4.78, 5) is 14.8. The molecule has 1 amide bonds. The fourth-order valence-electron chi connectivity index (χ4n) is 4.29. The molecule has 0 aromatic heterocycles. The van der Waals surface area contributed by atoms with Crippen molar-refractivity contribution in [2.75, 3.05) is 20.2 Å². The fraction of sp³-hybridized carbons (Fsp3) is 0.650. The van der Waals surface area contributed by atoms with Crippen LogP contribution in [0.15, 0.2) is 24.3 Å². The van der Waals surface area contributed by atoms with Crippen molar-refractivity contribution in [3.8, 4) is 5.75 Å². The number of aliphatic hydroxyl groups is 1. The molecule has 2 fully saturated rings. The molecule has 4 heteroatoms. The molecule has 1 N–H and O–H groups in total. The molecule has 3 unspecified atom stereocenters. The average molecular weight is 331 g/mol. The summed E-state index contributed by atoms with van der Waals surface area (Å²) < 4.78 is 5.18. The van der Waals surface area contributed by atoms with Gasteiger partial charge in [0.1, 0.15) is 5.75 Å². The van der Waals surface area contributed by atoms with Crippen LogP contribution >= 0.6 is 0 Å². The van der Waals surface area contributed by atoms with Gasteiger partial charge in [0.2, 0.25) is 5.91 Å². The maximum atomic E-state index is 12.8. The van der Waals surface area contributed by atoms with Gasteiger partial charge in [-0.1, -0.05) is 31.9 Å². The first-order valence-electron chi connectivity index (χ1n) is 9.16. The van der Waals surface area contributed by atoms with Gasteiger partial charge in [-0.25, -0.2) is 0 Å². The number of hydrogen-bond donors (Lipinski definition) is 1. The van der Waals surface area contributed by atoms with Crippen LogP contribution in [0.4, 0.5) is 0 Å². The summed E-state index contributed by atoms with van der Waals surface area (Å²) in [7, 11) is 1.66. The van der Waals surface area contributed by atoms with Gasteiger partial charge in [0.15, 0.2) is 0 Å². The van der Waals surface area contributed by atoms with E-state index in [1.165, 1.54) is 6.42 Å². The van der Waals surface area contributed by atoms with Crippen molar-refractivity contribution in [1.29, 1.82) is 0 Å². The second-order valence-corrected chi connectivity index (χ2v) is 7.53. The van der Waals surface area contributed by atoms with Crippen LogP contribution in [0.3, 0.4) is 0 Å². The van der Waals surface area contributed by atoms with Gasteiger partial charge in [0, 0.05) is 24.9 Å². The molecule has 1 aromatic rings. The molecule has 1 heterocycles. The monoisotopic (exact) mass is 331 g/mol. The number of carbonyl (C=O) groups is 1. The summed E-state index contributed by atoms with van der Waals surface area (Å²) in [5.74, 6) is 1.29. The van der Waals surface area contributed by atoms with Crippen molar-refractivity contribution in [2.24, 2.45) is 11.8 Å². The Bertz CT molecular complexity index is 571. The zero-order valence-electron chi connectivity index (χ0n) is 14.8.